The van der Waals surface area contributed by atoms with E-state index in [0.717, 1.165) is 0 Å². The molecule has 0 saturated heterocycles. The van der Waals surface area contributed by atoms with Crippen LogP contribution in [0.5, 0.6) is 0 Å². The summed E-state index contributed by atoms with van der Waals surface area (Å²) < 4.78 is 25.0. The molecule has 86 valence electrons. The van der Waals surface area contributed by atoms with E-state index in [1.165, 1.54) is 6.26 Å². The van der Waals surface area contributed by atoms with E-state index in [1.807, 2.05) is 13.8 Å². The normalized spacial score (nSPS) is 14.5. The summed E-state index contributed by atoms with van der Waals surface area (Å²) in [7, 11) is -3.15. The molecule has 0 aromatic carbocycles. The summed E-state index contributed by atoms with van der Waals surface area (Å²) in [4.78, 5) is 0. The second kappa shape index (κ2) is 4.05. The second-order valence-corrected chi connectivity index (χ2v) is 6.58. The number of aromatic nitrogens is 3. The number of hydrogen-bond acceptors (Lipinski definition) is 4. The summed E-state index contributed by atoms with van der Waals surface area (Å²) in [6, 6.07) is 0.0930. The fourth-order valence-corrected chi connectivity index (χ4v) is 2.19. The van der Waals surface area contributed by atoms with Crippen molar-refractivity contribution in [1.29, 1.82) is 0 Å². The van der Waals surface area contributed by atoms with Gasteiger partial charge in [-0.1, -0.05) is 0 Å². The Kier molecular flexibility index (Phi) is 3.34. The lowest BCUT2D eigenvalue weighted by Gasteiger charge is -2.14. The van der Waals surface area contributed by atoms with Crippen LogP contribution in [0.1, 0.15) is 37.9 Å². The Labute approximate surface area is 94.4 Å². The van der Waals surface area contributed by atoms with E-state index >= 15 is 0 Å². The Balaban J connectivity index is 3.34. The molecule has 5 nitrogen and oxygen atoms in total. The largest absolute Gasteiger partial charge is 0.301 e. The van der Waals surface area contributed by atoms with Crippen molar-refractivity contribution in [3.63, 3.8) is 0 Å². The average molecular weight is 249 g/mol. The highest BCUT2D eigenvalue weighted by atomic mass is 32.2. The molecule has 0 saturated carbocycles. The summed E-state index contributed by atoms with van der Waals surface area (Å²) in [6.45, 7) is 5.48. The molecular formula is C8H15N3O2S2. The van der Waals surface area contributed by atoms with Gasteiger partial charge in [0, 0.05) is 12.3 Å². The zero-order chi connectivity index (χ0) is 11.8. The molecule has 0 radical (unpaired) electrons. The van der Waals surface area contributed by atoms with Crippen molar-refractivity contribution in [3.05, 3.63) is 10.6 Å². The Hall–Kier alpha value is -0.690. The third-order valence-electron chi connectivity index (χ3n) is 2.25. The number of H-pyrrole nitrogens is 1. The maximum atomic E-state index is 11.4. The molecule has 0 aliphatic heterocycles. The third kappa shape index (κ3) is 2.46. The van der Waals surface area contributed by atoms with Gasteiger partial charge < -0.3 is 4.57 Å². The van der Waals surface area contributed by atoms with Crippen molar-refractivity contribution in [3.8, 4) is 0 Å². The van der Waals surface area contributed by atoms with Crippen LogP contribution in [0.2, 0.25) is 0 Å². The van der Waals surface area contributed by atoms with E-state index in [-0.39, 0.29) is 6.04 Å². The number of aromatic amines is 1. The Morgan fingerprint density at radius 1 is 1.40 bits per heavy atom. The van der Waals surface area contributed by atoms with Crippen LogP contribution in [0, 0.1) is 4.77 Å². The number of nitrogens with one attached hydrogen (secondary N) is 1. The van der Waals surface area contributed by atoms with Crippen LogP contribution in [0.4, 0.5) is 0 Å². The molecule has 0 bridgehead atoms. The highest BCUT2D eigenvalue weighted by molar-refractivity contribution is 7.90. The standard InChI is InChI=1S/C8H15N3O2S2/c1-5(2)11-7(9-10-8(11)14)6(3)15(4,12)13/h5-6H,1-4H3,(H,10,14). The van der Waals surface area contributed by atoms with Crippen molar-refractivity contribution in [2.45, 2.75) is 32.1 Å². The van der Waals surface area contributed by atoms with E-state index in [2.05, 4.69) is 10.2 Å². The smallest absolute Gasteiger partial charge is 0.195 e. The van der Waals surface area contributed by atoms with E-state index < -0.39 is 15.1 Å². The molecule has 0 fully saturated rings. The van der Waals surface area contributed by atoms with Crippen molar-refractivity contribution in [2.75, 3.05) is 6.26 Å². The average Bonchev–Trinajstić information content (AvgIpc) is 2.43. The molecule has 1 rings (SSSR count). The predicted molar refractivity (Wildman–Crippen MR) is 61.1 cm³/mol. The van der Waals surface area contributed by atoms with E-state index in [0.29, 0.717) is 10.6 Å². The number of hydrogen-bond donors (Lipinski definition) is 1. The van der Waals surface area contributed by atoms with Crippen LogP contribution < -0.4 is 0 Å². The van der Waals surface area contributed by atoms with Crippen LogP contribution >= 0.6 is 12.2 Å². The molecular weight excluding hydrogens is 234 g/mol. The number of sulfone groups is 1. The minimum absolute atomic E-state index is 0.0930. The SMILES string of the molecule is CC(C)n1c(C(C)S(C)(=O)=O)n[nH]c1=S. The first kappa shape index (κ1) is 12.4. The molecule has 1 aromatic rings. The maximum Gasteiger partial charge on any atom is 0.195 e. The Morgan fingerprint density at radius 2 is 1.93 bits per heavy atom. The van der Waals surface area contributed by atoms with Gasteiger partial charge in [-0.3, -0.25) is 5.10 Å². The number of rotatable bonds is 3. The molecule has 1 atom stereocenters. The molecule has 0 aliphatic carbocycles. The van der Waals surface area contributed by atoms with E-state index in [1.54, 1.807) is 11.5 Å². The van der Waals surface area contributed by atoms with Crippen LogP contribution in [0.3, 0.4) is 0 Å². The van der Waals surface area contributed by atoms with Gasteiger partial charge in [0.15, 0.2) is 14.6 Å². The highest BCUT2D eigenvalue weighted by Gasteiger charge is 2.24. The van der Waals surface area contributed by atoms with Crippen molar-refractivity contribution in [2.24, 2.45) is 0 Å². The lowest BCUT2D eigenvalue weighted by Crippen LogP contribution is -2.15. The predicted octanol–water partition coefficient (Wildman–Crippen LogP) is 1.63. The first-order chi connectivity index (χ1) is 6.75. The van der Waals surface area contributed by atoms with Crippen molar-refractivity contribution < 1.29 is 8.42 Å². The van der Waals surface area contributed by atoms with Gasteiger partial charge in [0.25, 0.3) is 0 Å². The molecule has 7 heteroatoms. The van der Waals surface area contributed by atoms with Gasteiger partial charge in [-0.15, -0.1) is 0 Å². The molecule has 0 spiro atoms. The van der Waals surface area contributed by atoms with Gasteiger partial charge in [0.2, 0.25) is 0 Å². The molecule has 1 N–H and O–H groups in total. The first-order valence-corrected chi connectivity index (χ1v) is 6.97. The fraction of sp³-hybridized carbons (Fsp3) is 0.750. The molecule has 1 aromatic heterocycles. The van der Waals surface area contributed by atoms with Gasteiger partial charge in [0.1, 0.15) is 11.1 Å². The number of nitrogens with zero attached hydrogens (tertiary/aromatic N) is 2. The molecule has 0 aliphatic rings. The minimum atomic E-state index is -3.15. The van der Waals surface area contributed by atoms with Crippen LogP contribution in [-0.2, 0) is 9.84 Å². The van der Waals surface area contributed by atoms with Crippen molar-refractivity contribution in [1.82, 2.24) is 14.8 Å². The van der Waals surface area contributed by atoms with Gasteiger partial charge in [-0.25, -0.2) is 8.42 Å². The third-order valence-corrected chi connectivity index (χ3v) is 4.04. The van der Waals surface area contributed by atoms with Crippen LogP contribution in [0.25, 0.3) is 0 Å². The van der Waals surface area contributed by atoms with Crippen molar-refractivity contribution >= 4 is 22.1 Å². The molecule has 1 unspecified atom stereocenters. The molecule has 0 amide bonds. The van der Waals surface area contributed by atoms with E-state index in [9.17, 15) is 8.42 Å². The highest BCUT2D eigenvalue weighted by Crippen LogP contribution is 2.21. The Bertz CT molecular complexity index is 498. The van der Waals surface area contributed by atoms with E-state index in [4.69, 9.17) is 12.2 Å². The summed E-state index contributed by atoms with van der Waals surface area (Å²) in [6.07, 6.45) is 1.19. The maximum absolute atomic E-state index is 11.4. The monoisotopic (exact) mass is 249 g/mol. The van der Waals surface area contributed by atoms with Crippen LogP contribution in [-0.4, -0.2) is 29.4 Å². The van der Waals surface area contributed by atoms with Crippen LogP contribution in [0.15, 0.2) is 0 Å². The van der Waals surface area contributed by atoms with Gasteiger partial charge in [-0.05, 0) is 33.0 Å². The summed E-state index contributed by atoms with van der Waals surface area (Å²) in [5, 5.41) is 5.95. The zero-order valence-electron chi connectivity index (χ0n) is 9.18. The second-order valence-electron chi connectivity index (χ2n) is 3.82. The van der Waals surface area contributed by atoms with Gasteiger partial charge in [0.05, 0.1) is 0 Å². The summed E-state index contributed by atoms with van der Waals surface area (Å²) >= 11 is 5.04. The Morgan fingerprint density at radius 3 is 2.33 bits per heavy atom. The quantitative estimate of drug-likeness (QED) is 0.827. The van der Waals surface area contributed by atoms with Gasteiger partial charge in [-0.2, -0.15) is 5.10 Å². The minimum Gasteiger partial charge on any atom is -0.301 e. The molecule has 15 heavy (non-hydrogen) atoms. The summed E-state index contributed by atoms with van der Waals surface area (Å²) in [5.41, 5.74) is 0. The lowest BCUT2D eigenvalue weighted by atomic mass is 10.3. The summed E-state index contributed by atoms with van der Waals surface area (Å²) in [5.74, 6) is 0.470. The lowest BCUT2D eigenvalue weighted by molar-refractivity contribution is 0.547. The molecule has 1 heterocycles. The van der Waals surface area contributed by atoms with Gasteiger partial charge >= 0.3 is 0 Å². The fourth-order valence-electron chi connectivity index (χ4n) is 1.29. The first-order valence-electron chi connectivity index (χ1n) is 4.60. The topological polar surface area (TPSA) is 67.8 Å². The zero-order valence-corrected chi connectivity index (χ0v) is 10.8.